The molecule has 0 atom stereocenters. The molecular weight excluding hydrogens is 312 g/mol. The van der Waals surface area contributed by atoms with Crippen LogP contribution in [0.15, 0.2) is 48.0 Å². The Morgan fingerprint density at radius 3 is 2.80 bits per heavy atom. The number of nitriles is 1. The van der Waals surface area contributed by atoms with Crippen LogP contribution < -0.4 is 10.1 Å². The van der Waals surface area contributed by atoms with Gasteiger partial charge in [0.1, 0.15) is 24.0 Å². The molecule has 124 valence electrons. The first kappa shape index (κ1) is 17.8. The largest absolute Gasteiger partial charge is 0.481 e. The number of hydrogen-bond donors (Lipinski definition) is 1. The lowest BCUT2D eigenvalue weighted by molar-refractivity contribution is -0.112. The number of benzene rings is 2. The van der Waals surface area contributed by atoms with E-state index in [0.717, 1.165) is 11.1 Å². The molecule has 0 radical (unpaired) electrons. The van der Waals surface area contributed by atoms with Crippen LogP contribution in [0.25, 0.3) is 6.08 Å². The van der Waals surface area contributed by atoms with Crippen molar-refractivity contribution in [3.63, 3.8) is 0 Å². The third kappa shape index (κ3) is 4.99. The van der Waals surface area contributed by atoms with Crippen LogP contribution in [0.5, 0.6) is 5.75 Å². The van der Waals surface area contributed by atoms with Gasteiger partial charge < -0.3 is 10.1 Å². The van der Waals surface area contributed by atoms with Crippen molar-refractivity contribution in [2.24, 2.45) is 0 Å². The van der Waals surface area contributed by atoms with Crippen molar-refractivity contribution < 1.29 is 9.53 Å². The second-order valence-electron chi connectivity index (χ2n) is 5.51. The fourth-order valence-electron chi connectivity index (χ4n) is 2.19. The van der Waals surface area contributed by atoms with Gasteiger partial charge >= 0.3 is 0 Å². The molecule has 4 nitrogen and oxygen atoms in total. The Kier molecular flexibility index (Phi) is 5.98. The van der Waals surface area contributed by atoms with Crippen molar-refractivity contribution in [3.8, 4) is 24.2 Å². The normalized spacial score (nSPS) is 10.5. The van der Waals surface area contributed by atoms with Crippen LogP contribution in [-0.2, 0) is 4.79 Å². The molecule has 0 aliphatic rings. The second-order valence-corrected chi connectivity index (χ2v) is 5.51. The highest BCUT2D eigenvalue weighted by Gasteiger charge is 2.11. The van der Waals surface area contributed by atoms with Crippen molar-refractivity contribution in [2.75, 3.05) is 11.9 Å². The van der Waals surface area contributed by atoms with Gasteiger partial charge in [0.15, 0.2) is 0 Å². The van der Waals surface area contributed by atoms with Gasteiger partial charge in [0.2, 0.25) is 0 Å². The summed E-state index contributed by atoms with van der Waals surface area (Å²) in [4.78, 5) is 12.4. The lowest BCUT2D eigenvalue weighted by Gasteiger charge is -2.09. The first-order valence-corrected chi connectivity index (χ1v) is 7.70. The molecule has 2 aromatic rings. The Balaban J connectivity index is 2.22. The standard InChI is InChI=1S/C21H18N2O2/c1-4-10-25-19-7-5-6-17(13-19)12-18(14-22)21(24)23-20-11-15(2)8-9-16(20)3/h1,5-9,11-13H,10H2,2-3H3,(H,23,24)/b18-12-. The molecule has 0 heterocycles. The van der Waals surface area contributed by atoms with Crippen molar-refractivity contribution in [1.29, 1.82) is 5.26 Å². The molecule has 1 N–H and O–H groups in total. The molecule has 0 fully saturated rings. The van der Waals surface area contributed by atoms with Crippen LogP contribution in [0.4, 0.5) is 5.69 Å². The van der Waals surface area contributed by atoms with Crippen LogP contribution in [0.1, 0.15) is 16.7 Å². The third-order valence-corrected chi connectivity index (χ3v) is 3.50. The van der Waals surface area contributed by atoms with Gasteiger partial charge in [-0.1, -0.05) is 30.2 Å². The smallest absolute Gasteiger partial charge is 0.266 e. The highest BCUT2D eigenvalue weighted by atomic mass is 16.5. The summed E-state index contributed by atoms with van der Waals surface area (Å²) >= 11 is 0. The van der Waals surface area contributed by atoms with Gasteiger partial charge in [-0.05, 0) is 54.8 Å². The van der Waals surface area contributed by atoms with Crippen LogP contribution in [0.2, 0.25) is 0 Å². The van der Waals surface area contributed by atoms with E-state index in [4.69, 9.17) is 11.2 Å². The molecule has 1 amide bonds. The quantitative estimate of drug-likeness (QED) is 0.514. The molecule has 0 saturated carbocycles. The van der Waals surface area contributed by atoms with Gasteiger partial charge in [-0.15, -0.1) is 6.42 Å². The van der Waals surface area contributed by atoms with Crippen molar-refractivity contribution >= 4 is 17.7 Å². The highest BCUT2D eigenvalue weighted by molar-refractivity contribution is 6.10. The summed E-state index contributed by atoms with van der Waals surface area (Å²) in [6, 6.07) is 14.7. The zero-order chi connectivity index (χ0) is 18.2. The van der Waals surface area contributed by atoms with E-state index in [1.807, 2.05) is 38.1 Å². The molecule has 0 aliphatic heterocycles. The van der Waals surface area contributed by atoms with Gasteiger partial charge in [0.05, 0.1) is 0 Å². The fourth-order valence-corrected chi connectivity index (χ4v) is 2.19. The fraction of sp³-hybridized carbons (Fsp3) is 0.143. The number of hydrogen-bond acceptors (Lipinski definition) is 3. The third-order valence-electron chi connectivity index (χ3n) is 3.50. The predicted octanol–water partition coefficient (Wildman–Crippen LogP) is 3.86. The van der Waals surface area contributed by atoms with Gasteiger partial charge in [0, 0.05) is 5.69 Å². The Bertz CT molecular complexity index is 899. The molecule has 0 saturated heterocycles. The van der Waals surface area contributed by atoms with Gasteiger partial charge in [-0.25, -0.2) is 0 Å². The first-order chi connectivity index (χ1) is 12.0. The number of carbonyl (C=O) groups excluding carboxylic acids is 1. The van der Waals surface area contributed by atoms with Crippen molar-refractivity contribution in [2.45, 2.75) is 13.8 Å². The summed E-state index contributed by atoms with van der Waals surface area (Å²) in [5, 5.41) is 12.1. The van der Waals surface area contributed by atoms with E-state index in [1.54, 1.807) is 24.3 Å². The highest BCUT2D eigenvalue weighted by Crippen LogP contribution is 2.19. The number of ether oxygens (including phenoxy) is 1. The van der Waals surface area contributed by atoms with Crippen molar-refractivity contribution in [1.82, 2.24) is 0 Å². The predicted molar refractivity (Wildman–Crippen MR) is 98.9 cm³/mol. The summed E-state index contributed by atoms with van der Waals surface area (Å²) in [6.07, 6.45) is 6.69. The maximum atomic E-state index is 12.4. The van der Waals surface area contributed by atoms with E-state index in [-0.39, 0.29) is 12.2 Å². The number of carbonyl (C=O) groups is 1. The molecule has 2 rings (SSSR count). The Hall–Kier alpha value is -3.50. The number of terminal acetylenes is 1. The molecule has 0 spiro atoms. The lowest BCUT2D eigenvalue weighted by Crippen LogP contribution is -2.14. The maximum absolute atomic E-state index is 12.4. The van der Waals surface area contributed by atoms with Crippen LogP contribution in [0, 0.1) is 37.5 Å². The second kappa shape index (κ2) is 8.38. The molecule has 0 aliphatic carbocycles. The maximum Gasteiger partial charge on any atom is 0.266 e. The number of aryl methyl sites for hydroxylation is 2. The summed E-state index contributed by atoms with van der Waals surface area (Å²) in [5.41, 5.74) is 3.34. The van der Waals surface area contributed by atoms with E-state index in [0.29, 0.717) is 17.0 Å². The van der Waals surface area contributed by atoms with Crippen LogP contribution >= 0.6 is 0 Å². The van der Waals surface area contributed by atoms with E-state index in [9.17, 15) is 10.1 Å². The van der Waals surface area contributed by atoms with Crippen molar-refractivity contribution in [3.05, 3.63) is 64.7 Å². The van der Waals surface area contributed by atoms with E-state index in [2.05, 4.69) is 11.2 Å². The monoisotopic (exact) mass is 330 g/mol. The minimum Gasteiger partial charge on any atom is -0.481 e. The molecule has 0 unspecified atom stereocenters. The Morgan fingerprint density at radius 1 is 1.28 bits per heavy atom. The minimum absolute atomic E-state index is 0.00926. The average Bonchev–Trinajstić information content (AvgIpc) is 2.61. The molecule has 0 aromatic heterocycles. The summed E-state index contributed by atoms with van der Waals surface area (Å²) < 4.78 is 5.35. The number of nitrogens with zero attached hydrogens (tertiary/aromatic N) is 1. The zero-order valence-electron chi connectivity index (χ0n) is 14.2. The number of anilines is 1. The lowest BCUT2D eigenvalue weighted by atomic mass is 10.1. The molecule has 25 heavy (non-hydrogen) atoms. The number of amides is 1. The first-order valence-electron chi connectivity index (χ1n) is 7.70. The molecular formula is C21H18N2O2. The topological polar surface area (TPSA) is 62.1 Å². The van der Waals surface area contributed by atoms with Crippen LogP contribution in [0.3, 0.4) is 0 Å². The summed E-state index contributed by atoms with van der Waals surface area (Å²) in [7, 11) is 0. The van der Waals surface area contributed by atoms with E-state index in [1.165, 1.54) is 6.08 Å². The van der Waals surface area contributed by atoms with E-state index >= 15 is 0 Å². The van der Waals surface area contributed by atoms with Gasteiger partial charge in [-0.2, -0.15) is 5.26 Å². The van der Waals surface area contributed by atoms with Crippen LogP contribution in [-0.4, -0.2) is 12.5 Å². The SMILES string of the molecule is C#CCOc1cccc(/C=C(/C#N)C(=O)Nc2cc(C)ccc2C)c1. The summed E-state index contributed by atoms with van der Waals surface area (Å²) in [6.45, 7) is 4.00. The molecule has 0 bridgehead atoms. The average molecular weight is 330 g/mol. The van der Waals surface area contributed by atoms with Gasteiger partial charge in [-0.3, -0.25) is 4.79 Å². The minimum atomic E-state index is -0.453. The van der Waals surface area contributed by atoms with E-state index < -0.39 is 5.91 Å². The molecule has 4 heteroatoms. The van der Waals surface area contributed by atoms with Gasteiger partial charge in [0.25, 0.3) is 5.91 Å². The number of rotatable bonds is 5. The molecule has 2 aromatic carbocycles. The Morgan fingerprint density at radius 2 is 2.08 bits per heavy atom. The summed E-state index contributed by atoms with van der Waals surface area (Å²) in [5.74, 6) is 2.52. The Labute approximate surface area is 147 Å². The number of nitrogens with one attached hydrogen (secondary N) is 1. The zero-order valence-corrected chi connectivity index (χ0v) is 14.2.